The maximum Gasteiger partial charge on any atom is 0.435 e. The fourth-order valence-corrected chi connectivity index (χ4v) is 3.57. The van der Waals surface area contributed by atoms with Crippen molar-refractivity contribution in [3.05, 3.63) is 101 Å². The van der Waals surface area contributed by atoms with Gasteiger partial charge in [0.1, 0.15) is 0 Å². The van der Waals surface area contributed by atoms with Crippen molar-refractivity contribution in [2.45, 2.75) is 25.6 Å². The summed E-state index contributed by atoms with van der Waals surface area (Å²) in [5.41, 5.74) is 0.339. The van der Waals surface area contributed by atoms with Crippen LogP contribution in [0, 0.1) is 0 Å². The Labute approximate surface area is 214 Å². The monoisotopic (exact) mass is 528 g/mol. The number of hydrogen-bond donors (Lipinski definition) is 2. The second kappa shape index (κ2) is 10.8. The van der Waals surface area contributed by atoms with Crippen LogP contribution >= 0.6 is 11.6 Å². The highest BCUT2D eigenvalue weighted by Gasteiger charge is 2.35. The molecule has 0 saturated heterocycles. The van der Waals surface area contributed by atoms with Crippen LogP contribution in [0.25, 0.3) is 5.69 Å². The minimum atomic E-state index is -4.66. The first-order valence-corrected chi connectivity index (χ1v) is 11.4. The van der Waals surface area contributed by atoms with Gasteiger partial charge in [-0.05, 0) is 43.3 Å². The Balaban J connectivity index is 1.45. The maximum absolute atomic E-state index is 13.3. The van der Waals surface area contributed by atoms with E-state index in [1.54, 1.807) is 49.4 Å². The van der Waals surface area contributed by atoms with Crippen molar-refractivity contribution in [3.63, 3.8) is 0 Å². The van der Waals surface area contributed by atoms with Crippen LogP contribution in [0.15, 0.2) is 73.1 Å². The number of rotatable bonds is 7. The molecule has 4 rings (SSSR count). The zero-order chi connectivity index (χ0) is 26.6. The van der Waals surface area contributed by atoms with Gasteiger partial charge in [0.05, 0.1) is 23.8 Å². The summed E-state index contributed by atoms with van der Waals surface area (Å²) in [5.74, 6) is -1.80. The lowest BCUT2D eigenvalue weighted by Gasteiger charge is -2.13. The lowest BCUT2D eigenvalue weighted by molar-refractivity contribution is -0.141. The first-order chi connectivity index (χ1) is 17.6. The van der Waals surface area contributed by atoms with Gasteiger partial charge in [-0.1, -0.05) is 35.9 Å². The van der Waals surface area contributed by atoms with Crippen LogP contribution < -0.4 is 10.6 Å². The number of hydrogen-bond acceptors (Lipinski definition) is 5. The molecule has 2 aromatic carbocycles. The van der Waals surface area contributed by atoms with Gasteiger partial charge >= 0.3 is 6.18 Å². The molecule has 12 heteroatoms. The quantitative estimate of drug-likeness (QED) is 0.351. The minimum Gasteiger partial charge on any atom is -0.350 e. The Bertz CT molecular complexity index is 1410. The topological polar surface area (TPSA) is 102 Å². The summed E-state index contributed by atoms with van der Waals surface area (Å²) >= 11 is 5.98. The zero-order valence-corrected chi connectivity index (χ0v) is 20.1. The second-order valence-electron chi connectivity index (χ2n) is 8.01. The molecule has 0 radical (unpaired) electrons. The lowest BCUT2D eigenvalue weighted by Crippen LogP contribution is -2.28. The molecule has 1 unspecified atom stereocenters. The van der Waals surface area contributed by atoms with E-state index in [4.69, 9.17) is 11.6 Å². The summed E-state index contributed by atoms with van der Waals surface area (Å²) in [6.07, 6.45) is -1.95. The van der Waals surface area contributed by atoms with E-state index in [9.17, 15) is 22.8 Å². The lowest BCUT2D eigenvalue weighted by atomic mass is 10.0. The Morgan fingerprint density at radius 2 is 1.73 bits per heavy atom. The van der Waals surface area contributed by atoms with Crippen LogP contribution in [-0.4, -0.2) is 31.6 Å². The Morgan fingerprint density at radius 3 is 2.38 bits per heavy atom. The summed E-state index contributed by atoms with van der Waals surface area (Å²) < 4.78 is 41.0. The Morgan fingerprint density at radius 1 is 1.03 bits per heavy atom. The molecule has 0 aliphatic rings. The fraction of sp³-hybridized carbons (Fsp3) is 0.160. The van der Waals surface area contributed by atoms with Crippen LogP contribution in [0.2, 0.25) is 5.02 Å². The minimum absolute atomic E-state index is 0.0784. The van der Waals surface area contributed by atoms with Crippen LogP contribution in [0.4, 0.5) is 18.9 Å². The van der Waals surface area contributed by atoms with Crippen LogP contribution in [-0.2, 0) is 17.5 Å². The molecule has 190 valence electrons. The van der Waals surface area contributed by atoms with Crippen molar-refractivity contribution >= 4 is 29.1 Å². The Hall–Kier alpha value is -4.25. The number of carbonyl (C=O) groups is 2. The number of nitrogens with zero attached hydrogens (tertiary/aromatic N) is 4. The van der Waals surface area contributed by atoms with Gasteiger partial charge in [-0.15, -0.1) is 0 Å². The molecule has 0 spiro atoms. The summed E-state index contributed by atoms with van der Waals surface area (Å²) in [6.45, 7) is 1.37. The summed E-state index contributed by atoms with van der Waals surface area (Å²) in [5, 5.41) is 9.26. The van der Waals surface area contributed by atoms with Crippen molar-refractivity contribution in [1.29, 1.82) is 0 Å². The third-order valence-electron chi connectivity index (χ3n) is 5.37. The van der Waals surface area contributed by atoms with Gasteiger partial charge in [-0.2, -0.15) is 18.3 Å². The molecule has 2 aromatic heterocycles. The van der Waals surface area contributed by atoms with E-state index in [1.165, 1.54) is 18.5 Å². The van der Waals surface area contributed by atoms with E-state index in [-0.39, 0.29) is 18.1 Å². The molecular weight excluding hydrogens is 509 g/mol. The number of alkyl halides is 3. The standard InChI is InChI=1S/C25H20ClF3N6O2/c1-15(16-12-30-22(31-13-16)24(37)33-18-7-3-2-4-8-18)23(36)32-14-20-11-21(25(27,28)29)34-35(20)19-9-5-6-17(26)10-19/h2-13,15H,14H2,1H3,(H,32,36)(H,33,37). The molecule has 0 aliphatic carbocycles. The van der Waals surface area contributed by atoms with Gasteiger partial charge in [-0.3, -0.25) is 9.59 Å². The van der Waals surface area contributed by atoms with Gasteiger partial charge < -0.3 is 10.6 Å². The maximum atomic E-state index is 13.3. The summed E-state index contributed by atoms with van der Waals surface area (Å²) in [4.78, 5) is 33.2. The van der Waals surface area contributed by atoms with E-state index < -0.39 is 29.6 Å². The van der Waals surface area contributed by atoms with Crippen molar-refractivity contribution in [2.75, 3.05) is 5.32 Å². The molecule has 1 atom stereocenters. The van der Waals surface area contributed by atoms with Crippen LogP contribution in [0.3, 0.4) is 0 Å². The molecule has 0 bridgehead atoms. The smallest absolute Gasteiger partial charge is 0.350 e. The van der Waals surface area contributed by atoms with Crippen molar-refractivity contribution < 1.29 is 22.8 Å². The number of halogens is 4. The second-order valence-corrected chi connectivity index (χ2v) is 8.45. The average molecular weight is 529 g/mol. The van der Waals surface area contributed by atoms with Crippen molar-refractivity contribution in [3.8, 4) is 5.69 Å². The number of amides is 2. The van der Waals surface area contributed by atoms with E-state index in [2.05, 4.69) is 25.7 Å². The number of anilines is 1. The highest BCUT2D eigenvalue weighted by atomic mass is 35.5. The number of para-hydroxylation sites is 1. The van der Waals surface area contributed by atoms with Gasteiger partial charge in [0.2, 0.25) is 11.7 Å². The van der Waals surface area contributed by atoms with E-state index >= 15 is 0 Å². The first kappa shape index (κ1) is 25.8. The summed E-state index contributed by atoms with van der Waals surface area (Å²) in [6, 6.07) is 15.8. The Kier molecular flexibility index (Phi) is 7.53. The number of aromatic nitrogens is 4. The van der Waals surface area contributed by atoms with Crippen LogP contribution in [0.1, 0.15) is 40.4 Å². The molecule has 2 heterocycles. The van der Waals surface area contributed by atoms with Crippen LogP contribution in [0.5, 0.6) is 0 Å². The van der Waals surface area contributed by atoms with Crippen molar-refractivity contribution in [1.82, 2.24) is 25.1 Å². The number of benzene rings is 2. The third-order valence-corrected chi connectivity index (χ3v) is 5.61. The largest absolute Gasteiger partial charge is 0.435 e. The first-order valence-electron chi connectivity index (χ1n) is 11.0. The van der Waals surface area contributed by atoms with E-state index in [0.717, 1.165) is 10.7 Å². The molecule has 2 amide bonds. The normalized spacial score (nSPS) is 12.1. The molecule has 8 nitrogen and oxygen atoms in total. The average Bonchev–Trinajstić information content (AvgIpc) is 3.32. The molecule has 2 N–H and O–H groups in total. The zero-order valence-electron chi connectivity index (χ0n) is 19.3. The van der Waals surface area contributed by atoms with Gasteiger partial charge in [0.25, 0.3) is 5.91 Å². The third kappa shape index (κ3) is 6.31. The predicted octanol–water partition coefficient (Wildman–Crippen LogP) is 5.01. The SMILES string of the molecule is CC(C(=O)NCc1cc(C(F)(F)F)nn1-c1cccc(Cl)c1)c1cnc(C(=O)Nc2ccccc2)nc1. The number of nitrogens with one attached hydrogen (secondary N) is 2. The van der Waals surface area contributed by atoms with Gasteiger partial charge in [0, 0.05) is 28.7 Å². The molecule has 0 saturated carbocycles. The summed E-state index contributed by atoms with van der Waals surface area (Å²) in [7, 11) is 0. The molecule has 0 aliphatic heterocycles. The fourth-order valence-electron chi connectivity index (χ4n) is 3.39. The number of carbonyl (C=O) groups excluding carboxylic acids is 2. The predicted molar refractivity (Wildman–Crippen MR) is 130 cm³/mol. The molecule has 4 aromatic rings. The van der Waals surface area contributed by atoms with Crippen molar-refractivity contribution in [2.24, 2.45) is 0 Å². The van der Waals surface area contributed by atoms with Gasteiger partial charge in [0.15, 0.2) is 5.69 Å². The van der Waals surface area contributed by atoms with E-state index in [1.807, 2.05) is 6.07 Å². The molecule has 37 heavy (non-hydrogen) atoms. The molecular formula is C25H20ClF3N6O2. The molecule has 0 fully saturated rings. The highest BCUT2D eigenvalue weighted by Crippen LogP contribution is 2.30. The highest BCUT2D eigenvalue weighted by molar-refractivity contribution is 6.30. The van der Waals surface area contributed by atoms with E-state index in [0.29, 0.717) is 22.0 Å². The van der Waals surface area contributed by atoms with Gasteiger partial charge in [-0.25, -0.2) is 14.6 Å².